The van der Waals surface area contributed by atoms with Crippen molar-refractivity contribution in [1.82, 2.24) is 0 Å². The van der Waals surface area contributed by atoms with Crippen LogP contribution in [0.15, 0.2) is 42.5 Å². The third kappa shape index (κ3) is 2.96. The summed E-state index contributed by atoms with van der Waals surface area (Å²) in [4.78, 5) is 34.4. The van der Waals surface area contributed by atoms with Gasteiger partial charge in [0.05, 0.1) is 0 Å². The van der Waals surface area contributed by atoms with E-state index in [9.17, 15) is 14.4 Å². The van der Waals surface area contributed by atoms with E-state index >= 15 is 0 Å². The fraction of sp³-hybridized carbons (Fsp3) is 0.118. The molecule has 0 heterocycles. The molecule has 2 aromatic rings. The van der Waals surface area contributed by atoms with Crippen molar-refractivity contribution < 1.29 is 23.9 Å². The highest BCUT2D eigenvalue weighted by Crippen LogP contribution is 2.28. The van der Waals surface area contributed by atoms with Crippen LogP contribution in [0.25, 0.3) is 0 Å². The lowest BCUT2D eigenvalue weighted by atomic mass is 10.1. The second-order valence-corrected chi connectivity index (χ2v) is 5.40. The van der Waals surface area contributed by atoms with Crippen LogP contribution in [-0.2, 0) is 16.1 Å². The first-order chi connectivity index (χ1) is 11.1. The summed E-state index contributed by atoms with van der Waals surface area (Å²) in [5, 5.41) is 0.636. The van der Waals surface area contributed by atoms with Crippen molar-refractivity contribution >= 4 is 29.6 Å². The zero-order chi connectivity index (χ0) is 16.4. The molecule has 0 bridgehead atoms. The zero-order valence-electron chi connectivity index (χ0n) is 11.8. The summed E-state index contributed by atoms with van der Waals surface area (Å²) >= 11 is 5.81. The van der Waals surface area contributed by atoms with Crippen LogP contribution < -0.4 is 4.74 Å². The number of hydrogen-bond acceptors (Lipinski definition) is 5. The summed E-state index contributed by atoms with van der Waals surface area (Å²) in [5.41, 5.74) is 1.36. The van der Waals surface area contributed by atoms with Crippen molar-refractivity contribution in [3.05, 3.63) is 64.2 Å². The molecule has 1 unspecified atom stereocenters. The number of ketones is 2. The average Bonchev–Trinajstić information content (AvgIpc) is 2.79. The van der Waals surface area contributed by atoms with E-state index in [4.69, 9.17) is 16.3 Å². The monoisotopic (exact) mass is 330 g/mol. The second kappa shape index (κ2) is 6.22. The molecule has 0 aromatic heterocycles. The minimum atomic E-state index is -1.38. The van der Waals surface area contributed by atoms with Gasteiger partial charge in [0.15, 0.2) is 0 Å². The molecule has 23 heavy (non-hydrogen) atoms. The first-order valence-corrected chi connectivity index (χ1v) is 7.17. The number of Topliss-reactive ketones (excluding diaryl/α,β-unsaturated/α-hetero) is 2. The average molecular weight is 331 g/mol. The normalized spacial score (nSPS) is 16.1. The Bertz CT molecular complexity index is 782. The van der Waals surface area contributed by atoms with Crippen molar-refractivity contribution in [3.8, 4) is 5.75 Å². The number of carbonyl (C=O) groups is 3. The maximum atomic E-state index is 12.1. The Morgan fingerprint density at radius 1 is 1.00 bits per heavy atom. The molecule has 0 saturated heterocycles. The van der Waals surface area contributed by atoms with Gasteiger partial charge in [0.1, 0.15) is 12.4 Å². The molecule has 5 nitrogen and oxygen atoms in total. The van der Waals surface area contributed by atoms with Gasteiger partial charge in [0, 0.05) is 16.1 Å². The third-order valence-corrected chi connectivity index (χ3v) is 3.76. The summed E-state index contributed by atoms with van der Waals surface area (Å²) in [6, 6.07) is 11.8. The summed E-state index contributed by atoms with van der Waals surface area (Å²) in [5.74, 6) is -0.595. The van der Waals surface area contributed by atoms with Gasteiger partial charge in [-0.1, -0.05) is 23.7 Å². The standard InChI is InChI=1S/C17H11ClO5/c18-11-3-1-10(2-4-11)8-22-12-5-6-13-14(7-12)16(21)17(15(13)20)23-9-19/h1-7,9,17H,8H2. The van der Waals surface area contributed by atoms with Gasteiger partial charge in [-0.3, -0.25) is 14.4 Å². The fourth-order valence-electron chi connectivity index (χ4n) is 2.36. The minimum Gasteiger partial charge on any atom is -0.489 e. The van der Waals surface area contributed by atoms with E-state index in [0.29, 0.717) is 17.4 Å². The molecule has 1 aliphatic rings. The van der Waals surface area contributed by atoms with Gasteiger partial charge in [-0.05, 0) is 35.9 Å². The molecule has 0 aliphatic heterocycles. The predicted molar refractivity (Wildman–Crippen MR) is 81.8 cm³/mol. The first kappa shape index (κ1) is 15.2. The van der Waals surface area contributed by atoms with E-state index in [1.807, 2.05) is 12.1 Å². The number of halogens is 1. The van der Waals surface area contributed by atoms with Gasteiger partial charge in [-0.25, -0.2) is 0 Å². The molecule has 0 fully saturated rings. The molecule has 3 rings (SSSR count). The van der Waals surface area contributed by atoms with Gasteiger partial charge in [-0.2, -0.15) is 0 Å². The van der Waals surface area contributed by atoms with E-state index in [1.54, 1.807) is 18.2 Å². The highest BCUT2D eigenvalue weighted by molar-refractivity contribution is 6.30. The van der Waals surface area contributed by atoms with Gasteiger partial charge < -0.3 is 9.47 Å². The Labute approximate surface area is 136 Å². The van der Waals surface area contributed by atoms with Gasteiger partial charge in [0.2, 0.25) is 17.7 Å². The Balaban J connectivity index is 1.77. The van der Waals surface area contributed by atoms with Crippen LogP contribution in [0.3, 0.4) is 0 Å². The van der Waals surface area contributed by atoms with Gasteiger partial charge in [0.25, 0.3) is 6.47 Å². The first-order valence-electron chi connectivity index (χ1n) is 6.79. The van der Waals surface area contributed by atoms with Crippen molar-refractivity contribution in [2.75, 3.05) is 0 Å². The lowest BCUT2D eigenvalue weighted by molar-refractivity contribution is -0.130. The Morgan fingerprint density at radius 2 is 1.70 bits per heavy atom. The highest BCUT2D eigenvalue weighted by Gasteiger charge is 2.40. The largest absolute Gasteiger partial charge is 0.489 e. The molecule has 0 spiro atoms. The summed E-state index contributed by atoms with van der Waals surface area (Å²) in [6.07, 6.45) is -1.38. The van der Waals surface area contributed by atoms with Gasteiger partial charge >= 0.3 is 0 Å². The van der Waals surface area contributed by atoms with Crippen molar-refractivity contribution in [3.63, 3.8) is 0 Å². The van der Waals surface area contributed by atoms with E-state index in [1.165, 1.54) is 12.1 Å². The topological polar surface area (TPSA) is 69.7 Å². The molecular formula is C17H11ClO5. The van der Waals surface area contributed by atoms with Crippen LogP contribution in [0.1, 0.15) is 26.3 Å². The van der Waals surface area contributed by atoms with Crippen molar-refractivity contribution in [1.29, 1.82) is 0 Å². The molecule has 0 amide bonds. The number of fused-ring (bicyclic) bond motifs is 1. The number of benzene rings is 2. The van der Waals surface area contributed by atoms with E-state index in [2.05, 4.69) is 4.74 Å². The Morgan fingerprint density at radius 3 is 2.39 bits per heavy atom. The van der Waals surface area contributed by atoms with Crippen LogP contribution in [0.4, 0.5) is 0 Å². The predicted octanol–water partition coefficient (Wildman–Crippen LogP) is 2.84. The smallest absolute Gasteiger partial charge is 0.294 e. The van der Waals surface area contributed by atoms with Crippen LogP contribution in [0.5, 0.6) is 5.75 Å². The summed E-state index contributed by atoms with van der Waals surface area (Å²) in [6.45, 7) is 0.399. The van der Waals surface area contributed by atoms with Crippen LogP contribution in [0, 0.1) is 0 Å². The van der Waals surface area contributed by atoms with E-state index in [-0.39, 0.29) is 17.6 Å². The fourth-order valence-corrected chi connectivity index (χ4v) is 2.49. The number of rotatable bonds is 5. The van der Waals surface area contributed by atoms with Crippen molar-refractivity contribution in [2.45, 2.75) is 12.7 Å². The molecule has 0 radical (unpaired) electrons. The quantitative estimate of drug-likeness (QED) is 0.623. The number of ether oxygens (including phenoxy) is 2. The van der Waals surface area contributed by atoms with Crippen molar-refractivity contribution in [2.24, 2.45) is 0 Å². The highest BCUT2D eigenvalue weighted by atomic mass is 35.5. The molecule has 0 N–H and O–H groups in total. The maximum Gasteiger partial charge on any atom is 0.294 e. The number of hydrogen-bond donors (Lipinski definition) is 0. The van der Waals surface area contributed by atoms with E-state index in [0.717, 1.165) is 5.56 Å². The molecule has 116 valence electrons. The Hall–Kier alpha value is -2.66. The molecule has 2 aromatic carbocycles. The lowest BCUT2D eigenvalue weighted by Crippen LogP contribution is -2.25. The third-order valence-electron chi connectivity index (χ3n) is 3.51. The second-order valence-electron chi connectivity index (χ2n) is 4.96. The Kier molecular flexibility index (Phi) is 4.12. The lowest BCUT2D eigenvalue weighted by Gasteiger charge is -2.07. The SMILES string of the molecule is O=COC1C(=O)c2ccc(OCc3ccc(Cl)cc3)cc2C1=O. The van der Waals surface area contributed by atoms with E-state index < -0.39 is 17.7 Å². The van der Waals surface area contributed by atoms with Gasteiger partial charge in [-0.15, -0.1) is 0 Å². The van der Waals surface area contributed by atoms with Crippen LogP contribution >= 0.6 is 11.6 Å². The molecule has 0 saturated carbocycles. The summed E-state index contributed by atoms with van der Waals surface area (Å²) < 4.78 is 10.2. The molecular weight excluding hydrogens is 320 g/mol. The summed E-state index contributed by atoms with van der Waals surface area (Å²) in [7, 11) is 0. The maximum absolute atomic E-state index is 12.1. The molecule has 1 atom stereocenters. The number of carbonyl (C=O) groups excluding carboxylic acids is 3. The van der Waals surface area contributed by atoms with Crippen LogP contribution in [0.2, 0.25) is 5.02 Å². The molecule has 6 heteroatoms. The molecule has 1 aliphatic carbocycles. The minimum absolute atomic E-state index is 0.101. The van der Waals surface area contributed by atoms with Crippen LogP contribution in [-0.4, -0.2) is 24.1 Å². The zero-order valence-corrected chi connectivity index (χ0v) is 12.6.